The van der Waals surface area contributed by atoms with Crippen LogP contribution in [0.1, 0.15) is 11.4 Å². The summed E-state index contributed by atoms with van der Waals surface area (Å²) in [7, 11) is 0. The van der Waals surface area contributed by atoms with Gasteiger partial charge in [0, 0.05) is 24.6 Å². The Hall–Kier alpha value is -1.77. The van der Waals surface area contributed by atoms with Gasteiger partial charge < -0.3 is 10.3 Å². The first kappa shape index (κ1) is 9.77. The second kappa shape index (κ2) is 4.17. The number of rotatable bonds is 3. The number of nitrogen functional groups attached to an aromatic ring is 1. The van der Waals surface area contributed by atoms with Gasteiger partial charge in [-0.15, -0.1) is 0 Å². The van der Waals surface area contributed by atoms with E-state index >= 15 is 0 Å². The fraction of sp³-hybridized carbons (Fsp3) is 0.250. The highest BCUT2D eigenvalue weighted by molar-refractivity contribution is 5.46. The minimum absolute atomic E-state index is 0.871. The van der Waals surface area contributed by atoms with Crippen molar-refractivity contribution in [2.45, 2.75) is 19.9 Å². The molecule has 0 aliphatic rings. The quantitative estimate of drug-likeness (QED) is 0.772. The Labute approximate surface area is 89.6 Å². The summed E-state index contributed by atoms with van der Waals surface area (Å²) in [4.78, 5) is 4.18. The van der Waals surface area contributed by atoms with Crippen LogP contribution in [-0.2, 0) is 13.0 Å². The summed E-state index contributed by atoms with van der Waals surface area (Å²) in [5.41, 5.74) is 7.94. The van der Waals surface area contributed by atoms with Gasteiger partial charge in [-0.1, -0.05) is 18.2 Å². The summed E-state index contributed by atoms with van der Waals surface area (Å²) >= 11 is 0. The van der Waals surface area contributed by atoms with Crippen molar-refractivity contribution in [1.82, 2.24) is 9.55 Å². The van der Waals surface area contributed by atoms with Crippen LogP contribution in [0.3, 0.4) is 0 Å². The van der Waals surface area contributed by atoms with E-state index in [9.17, 15) is 0 Å². The average molecular weight is 201 g/mol. The third-order valence-corrected chi connectivity index (χ3v) is 2.60. The minimum atomic E-state index is 0.871. The Morgan fingerprint density at radius 1 is 1.33 bits per heavy atom. The van der Waals surface area contributed by atoms with Crippen molar-refractivity contribution >= 4 is 5.69 Å². The van der Waals surface area contributed by atoms with Gasteiger partial charge in [-0.25, -0.2) is 4.98 Å². The van der Waals surface area contributed by atoms with Crippen LogP contribution in [0.5, 0.6) is 0 Å². The van der Waals surface area contributed by atoms with E-state index in [2.05, 4.69) is 15.6 Å². The second-order valence-electron chi connectivity index (χ2n) is 3.62. The van der Waals surface area contributed by atoms with Gasteiger partial charge in [0.25, 0.3) is 0 Å². The maximum absolute atomic E-state index is 5.87. The Kier molecular flexibility index (Phi) is 2.72. The lowest BCUT2D eigenvalue weighted by Gasteiger charge is -2.07. The van der Waals surface area contributed by atoms with E-state index in [0.717, 1.165) is 24.5 Å². The molecule has 0 aliphatic heterocycles. The first-order chi connectivity index (χ1) is 7.27. The van der Waals surface area contributed by atoms with E-state index in [1.807, 2.05) is 37.5 Å². The number of aryl methyl sites for hydroxylation is 3. The molecule has 0 unspecified atom stereocenters. The van der Waals surface area contributed by atoms with Gasteiger partial charge >= 0.3 is 0 Å². The van der Waals surface area contributed by atoms with Gasteiger partial charge in [-0.2, -0.15) is 0 Å². The Morgan fingerprint density at radius 3 is 2.80 bits per heavy atom. The standard InChI is InChI=1S/C12H15N3/c1-10-14-7-9-15(10)8-6-11-4-2-3-5-12(11)13/h2-5,7,9H,6,8,13H2,1H3. The maximum atomic E-state index is 5.87. The number of imidazole rings is 1. The maximum Gasteiger partial charge on any atom is 0.105 e. The fourth-order valence-electron chi connectivity index (χ4n) is 1.64. The first-order valence-electron chi connectivity index (χ1n) is 5.08. The molecule has 3 nitrogen and oxygen atoms in total. The van der Waals surface area contributed by atoms with E-state index in [-0.39, 0.29) is 0 Å². The van der Waals surface area contributed by atoms with Crippen LogP contribution < -0.4 is 5.73 Å². The smallest absolute Gasteiger partial charge is 0.105 e. The fourth-order valence-corrected chi connectivity index (χ4v) is 1.64. The number of benzene rings is 1. The molecule has 0 saturated heterocycles. The molecule has 0 radical (unpaired) electrons. The molecule has 0 spiro atoms. The SMILES string of the molecule is Cc1nccn1CCc1ccccc1N. The molecule has 0 amide bonds. The molecule has 0 saturated carbocycles. The van der Waals surface area contributed by atoms with Crippen molar-refractivity contribution in [2.75, 3.05) is 5.73 Å². The summed E-state index contributed by atoms with van der Waals surface area (Å²) in [5, 5.41) is 0. The highest BCUT2D eigenvalue weighted by Crippen LogP contribution is 2.12. The Morgan fingerprint density at radius 2 is 2.13 bits per heavy atom. The van der Waals surface area contributed by atoms with Crippen LogP contribution in [0.4, 0.5) is 5.69 Å². The van der Waals surface area contributed by atoms with Crippen LogP contribution in [0, 0.1) is 6.92 Å². The predicted octanol–water partition coefficient (Wildman–Crippen LogP) is 2.02. The molecule has 1 aromatic heterocycles. The molecule has 1 aromatic carbocycles. The van der Waals surface area contributed by atoms with Gasteiger partial charge in [0.05, 0.1) is 0 Å². The second-order valence-corrected chi connectivity index (χ2v) is 3.62. The summed E-state index contributed by atoms with van der Waals surface area (Å²) in [5.74, 6) is 1.05. The van der Waals surface area contributed by atoms with Crippen molar-refractivity contribution < 1.29 is 0 Å². The van der Waals surface area contributed by atoms with Crippen molar-refractivity contribution in [3.63, 3.8) is 0 Å². The number of nitrogens with two attached hydrogens (primary N) is 1. The minimum Gasteiger partial charge on any atom is -0.399 e. The summed E-state index contributed by atoms with van der Waals surface area (Å²) in [6.45, 7) is 2.94. The Bertz CT molecular complexity index is 446. The molecule has 0 bridgehead atoms. The highest BCUT2D eigenvalue weighted by atomic mass is 15.0. The molecular formula is C12H15N3. The number of nitrogens with zero attached hydrogens (tertiary/aromatic N) is 2. The lowest BCUT2D eigenvalue weighted by Crippen LogP contribution is -2.04. The molecule has 0 fully saturated rings. The van der Waals surface area contributed by atoms with E-state index in [0.29, 0.717) is 0 Å². The van der Waals surface area contributed by atoms with Crippen LogP contribution in [-0.4, -0.2) is 9.55 Å². The van der Waals surface area contributed by atoms with Crippen molar-refractivity contribution in [3.8, 4) is 0 Å². The molecular weight excluding hydrogens is 186 g/mol. The Balaban J connectivity index is 2.06. The van der Waals surface area contributed by atoms with Crippen LogP contribution in [0.2, 0.25) is 0 Å². The normalized spacial score (nSPS) is 10.5. The lowest BCUT2D eigenvalue weighted by atomic mass is 10.1. The molecule has 0 atom stereocenters. The van der Waals surface area contributed by atoms with Gasteiger partial charge in [0.15, 0.2) is 0 Å². The van der Waals surface area contributed by atoms with Gasteiger partial charge in [-0.05, 0) is 25.0 Å². The molecule has 3 heteroatoms. The van der Waals surface area contributed by atoms with E-state index in [4.69, 9.17) is 5.73 Å². The average Bonchev–Trinajstić information content (AvgIpc) is 2.63. The number of hydrogen-bond donors (Lipinski definition) is 1. The van der Waals surface area contributed by atoms with E-state index in [1.54, 1.807) is 0 Å². The number of para-hydroxylation sites is 1. The molecule has 1 heterocycles. The number of anilines is 1. The number of aromatic nitrogens is 2. The summed E-state index contributed by atoms with van der Waals surface area (Å²) in [6.07, 6.45) is 4.77. The van der Waals surface area contributed by atoms with Crippen LogP contribution in [0.15, 0.2) is 36.7 Å². The lowest BCUT2D eigenvalue weighted by molar-refractivity contribution is 0.674. The van der Waals surface area contributed by atoms with Crippen molar-refractivity contribution in [2.24, 2.45) is 0 Å². The zero-order valence-electron chi connectivity index (χ0n) is 8.85. The zero-order chi connectivity index (χ0) is 10.7. The predicted molar refractivity (Wildman–Crippen MR) is 61.5 cm³/mol. The molecule has 2 aromatic rings. The molecule has 0 aliphatic carbocycles. The van der Waals surface area contributed by atoms with Crippen molar-refractivity contribution in [3.05, 3.63) is 48.0 Å². The third kappa shape index (κ3) is 2.18. The van der Waals surface area contributed by atoms with E-state index in [1.165, 1.54) is 5.56 Å². The topological polar surface area (TPSA) is 43.8 Å². The first-order valence-corrected chi connectivity index (χ1v) is 5.08. The molecule has 2 rings (SSSR count). The van der Waals surface area contributed by atoms with Crippen LogP contribution in [0.25, 0.3) is 0 Å². The van der Waals surface area contributed by atoms with Crippen molar-refractivity contribution in [1.29, 1.82) is 0 Å². The number of hydrogen-bond acceptors (Lipinski definition) is 2. The third-order valence-electron chi connectivity index (χ3n) is 2.60. The summed E-state index contributed by atoms with van der Waals surface area (Å²) in [6, 6.07) is 7.99. The highest BCUT2D eigenvalue weighted by Gasteiger charge is 2.00. The van der Waals surface area contributed by atoms with Crippen LogP contribution >= 0.6 is 0 Å². The van der Waals surface area contributed by atoms with Gasteiger partial charge in [0.1, 0.15) is 5.82 Å². The summed E-state index contributed by atoms with van der Waals surface area (Å²) < 4.78 is 2.13. The largest absolute Gasteiger partial charge is 0.399 e. The molecule has 2 N–H and O–H groups in total. The monoisotopic (exact) mass is 201 g/mol. The van der Waals surface area contributed by atoms with Gasteiger partial charge in [0.2, 0.25) is 0 Å². The van der Waals surface area contributed by atoms with E-state index < -0.39 is 0 Å². The molecule has 15 heavy (non-hydrogen) atoms. The zero-order valence-corrected chi connectivity index (χ0v) is 8.85. The molecule has 78 valence electrons. The van der Waals surface area contributed by atoms with Gasteiger partial charge in [-0.3, -0.25) is 0 Å².